The molecule has 0 aliphatic rings. The van der Waals surface area contributed by atoms with Crippen molar-refractivity contribution >= 4 is 5.97 Å². The first-order chi connectivity index (χ1) is 5.18. The highest BCUT2D eigenvalue weighted by atomic mass is 16.4. The molecular formula is C9H12O2. The van der Waals surface area contributed by atoms with Crippen molar-refractivity contribution in [2.24, 2.45) is 0 Å². The molecular weight excluding hydrogens is 140 g/mol. The van der Waals surface area contributed by atoms with Gasteiger partial charge in [0.25, 0.3) is 0 Å². The van der Waals surface area contributed by atoms with Crippen LogP contribution in [0.25, 0.3) is 0 Å². The Bertz CT molecular complexity index is 169. The fourth-order valence-electron chi connectivity index (χ4n) is 0.279. The van der Waals surface area contributed by atoms with Gasteiger partial charge in [0.05, 0.1) is 0 Å². The van der Waals surface area contributed by atoms with Crippen molar-refractivity contribution in [2.45, 2.75) is 26.2 Å². The van der Waals surface area contributed by atoms with E-state index in [0.717, 1.165) is 6.42 Å². The molecule has 0 bridgehead atoms. The van der Waals surface area contributed by atoms with E-state index in [4.69, 9.17) is 16.3 Å². The Balaban J connectivity index is 0. The van der Waals surface area contributed by atoms with E-state index in [1.54, 1.807) is 0 Å². The lowest BCUT2D eigenvalue weighted by atomic mass is 10.3. The largest absolute Gasteiger partial charge is 0.472 e. The molecule has 0 saturated heterocycles. The number of carboxylic acids is 1. The number of aliphatic carboxylic acids is 1. The monoisotopic (exact) mass is 152 g/mol. The first-order valence-corrected chi connectivity index (χ1v) is 3.32. The molecule has 0 unspecified atom stereocenters. The summed E-state index contributed by atoms with van der Waals surface area (Å²) in [6.45, 7) is 2.14. The van der Waals surface area contributed by atoms with Crippen LogP contribution in [0.1, 0.15) is 26.2 Å². The van der Waals surface area contributed by atoms with Gasteiger partial charge in [-0.05, 0) is 6.42 Å². The van der Waals surface area contributed by atoms with Crippen LogP contribution in [0.3, 0.4) is 0 Å². The summed E-state index contributed by atoms with van der Waals surface area (Å²) < 4.78 is 0. The third kappa shape index (κ3) is 28.9. The minimum atomic E-state index is -1.22. The lowest BCUT2D eigenvalue weighted by Gasteiger charge is -1.79. The molecule has 0 saturated carbocycles. The fraction of sp³-hybridized carbons (Fsp3) is 0.444. The standard InChI is InChI=1S/C6H10.C3H2O2/c1-3-5-6-4-2;1-2-3(4)5/h1H,4-6H2,2H3;1H,(H,4,5). The Labute approximate surface area is 67.6 Å². The lowest BCUT2D eigenvalue weighted by Crippen LogP contribution is -1.83. The van der Waals surface area contributed by atoms with E-state index in [-0.39, 0.29) is 0 Å². The predicted molar refractivity (Wildman–Crippen MR) is 44.8 cm³/mol. The average molecular weight is 152 g/mol. The Morgan fingerprint density at radius 1 is 1.55 bits per heavy atom. The SMILES string of the molecule is C#CC(=O)O.C#CCCCC. The normalized spacial score (nSPS) is 6.45. The van der Waals surface area contributed by atoms with E-state index in [9.17, 15) is 0 Å². The van der Waals surface area contributed by atoms with Gasteiger partial charge < -0.3 is 5.11 Å². The summed E-state index contributed by atoms with van der Waals surface area (Å²) in [5.74, 6) is 2.80. The van der Waals surface area contributed by atoms with Crippen LogP contribution in [0.15, 0.2) is 0 Å². The number of hydrogen-bond donors (Lipinski definition) is 1. The van der Waals surface area contributed by atoms with Crippen molar-refractivity contribution in [2.75, 3.05) is 0 Å². The van der Waals surface area contributed by atoms with Gasteiger partial charge >= 0.3 is 5.97 Å². The molecule has 11 heavy (non-hydrogen) atoms. The van der Waals surface area contributed by atoms with Gasteiger partial charge in [0, 0.05) is 12.3 Å². The summed E-state index contributed by atoms with van der Waals surface area (Å²) in [4.78, 5) is 9.13. The summed E-state index contributed by atoms with van der Waals surface area (Å²) in [6.07, 6.45) is 12.6. The van der Waals surface area contributed by atoms with Crippen molar-refractivity contribution in [1.82, 2.24) is 0 Å². The molecule has 0 rings (SSSR count). The summed E-state index contributed by atoms with van der Waals surface area (Å²) in [5.41, 5.74) is 0. The third-order valence-corrected chi connectivity index (χ3v) is 0.798. The molecule has 0 aliphatic carbocycles. The first kappa shape index (κ1) is 12.3. The molecule has 0 aliphatic heterocycles. The average Bonchev–Trinajstić information content (AvgIpc) is 2.02. The fourth-order valence-corrected chi connectivity index (χ4v) is 0.279. The lowest BCUT2D eigenvalue weighted by molar-refractivity contribution is -0.130. The quantitative estimate of drug-likeness (QED) is 0.481. The van der Waals surface area contributed by atoms with Gasteiger partial charge in [0.1, 0.15) is 0 Å². The molecule has 0 amide bonds. The predicted octanol–water partition coefficient (Wildman–Crippen LogP) is 1.51. The van der Waals surface area contributed by atoms with E-state index < -0.39 is 5.97 Å². The Morgan fingerprint density at radius 3 is 2.09 bits per heavy atom. The van der Waals surface area contributed by atoms with Crippen molar-refractivity contribution in [3.05, 3.63) is 0 Å². The van der Waals surface area contributed by atoms with Crippen molar-refractivity contribution in [1.29, 1.82) is 0 Å². The molecule has 2 nitrogen and oxygen atoms in total. The second-order valence-corrected chi connectivity index (χ2v) is 1.76. The Hall–Kier alpha value is -1.41. The van der Waals surface area contributed by atoms with Crippen LogP contribution in [-0.4, -0.2) is 11.1 Å². The van der Waals surface area contributed by atoms with E-state index in [0.29, 0.717) is 0 Å². The number of terminal acetylenes is 2. The first-order valence-electron chi connectivity index (χ1n) is 3.32. The topological polar surface area (TPSA) is 37.3 Å². The van der Waals surface area contributed by atoms with Crippen LogP contribution in [0.4, 0.5) is 0 Å². The molecule has 0 fully saturated rings. The Morgan fingerprint density at radius 2 is 2.00 bits per heavy atom. The maximum Gasteiger partial charge on any atom is 0.381 e. The van der Waals surface area contributed by atoms with Crippen LogP contribution in [-0.2, 0) is 4.79 Å². The number of carboxylic acid groups (broad SMARTS) is 1. The minimum Gasteiger partial charge on any atom is -0.472 e. The summed E-state index contributed by atoms with van der Waals surface area (Å²) in [5, 5.41) is 7.49. The maximum atomic E-state index is 9.13. The molecule has 0 atom stereocenters. The molecule has 0 spiro atoms. The van der Waals surface area contributed by atoms with E-state index in [1.165, 1.54) is 18.8 Å². The van der Waals surface area contributed by atoms with Crippen molar-refractivity contribution < 1.29 is 9.90 Å². The highest BCUT2D eigenvalue weighted by molar-refractivity contribution is 5.85. The van der Waals surface area contributed by atoms with E-state index in [1.807, 2.05) is 0 Å². The van der Waals surface area contributed by atoms with Gasteiger partial charge in [-0.2, -0.15) is 0 Å². The van der Waals surface area contributed by atoms with Crippen molar-refractivity contribution in [3.8, 4) is 24.7 Å². The number of hydrogen-bond acceptors (Lipinski definition) is 1. The molecule has 0 aromatic carbocycles. The third-order valence-electron chi connectivity index (χ3n) is 0.798. The van der Waals surface area contributed by atoms with Crippen LogP contribution in [0.5, 0.6) is 0 Å². The van der Waals surface area contributed by atoms with E-state index >= 15 is 0 Å². The molecule has 60 valence electrons. The highest BCUT2D eigenvalue weighted by Gasteiger charge is 1.74. The van der Waals surface area contributed by atoms with Crippen LogP contribution >= 0.6 is 0 Å². The number of rotatable bonds is 2. The van der Waals surface area contributed by atoms with Gasteiger partial charge in [-0.25, -0.2) is 4.79 Å². The van der Waals surface area contributed by atoms with Gasteiger partial charge in [0.15, 0.2) is 0 Å². The van der Waals surface area contributed by atoms with E-state index in [2.05, 4.69) is 19.3 Å². The maximum absolute atomic E-state index is 9.13. The second kappa shape index (κ2) is 11.4. The summed E-state index contributed by atoms with van der Waals surface area (Å²) in [7, 11) is 0. The molecule has 0 heterocycles. The van der Waals surface area contributed by atoms with Crippen LogP contribution in [0, 0.1) is 24.7 Å². The minimum absolute atomic E-state index is 0.941. The zero-order valence-corrected chi connectivity index (χ0v) is 6.63. The van der Waals surface area contributed by atoms with Gasteiger partial charge in [-0.1, -0.05) is 13.3 Å². The van der Waals surface area contributed by atoms with Crippen LogP contribution < -0.4 is 0 Å². The zero-order chi connectivity index (χ0) is 9.11. The number of carbonyl (C=O) groups is 1. The smallest absolute Gasteiger partial charge is 0.381 e. The molecule has 2 heteroatoms. The second-order valence-electron chi connectivity index (χ2n) is 1.76. The molecule has 0 aromatic heterocycles. The summed E-state index contributed by atoms with van der Waals surface area (Å²) >= 11 is 0. The highest BCUT2D eigenvalue weighted by Crippen LogP contribution is 1.88. The van der Waals surface area contributed by atoms with Gasteiger partial charge in [-0.3, -0.25) is 0 Å². The molecule has 0 radical (unpaired) electrons. The summed E-state index contributed by atoms with van der Waals surface area (Å²) in [6, 6.07) is 0. The van der Waals surface area contributed by atoms with Crippen molar-refractivity contribution in [3.63, 3.8) is 0 Å². The van der Waals surface area contributed by atoms with Gasteiger partial charge in [0.2, 0.25) is 0 Å². The molecule has 0 aromatic rings. The molecule has 1 N–H and O–H groups in total. The number of unbranched alkanes of at least 4 members (excludes halogenated alkanes) is 2. The van der Waals surface area contributed by atoms with Crippen LogP contribution in [0.2, 0.25) is 0 Å². The Kier molecular flexibility index (Phi) is 12.7. The van der Waals surface area contributed by atoms with Gasteiger partial charge in [-0.15, -0.1) is 18.8 Å². The zero-order valence-electron chi connectivity index (χ0n) is 6.63.